The minimum absolute atomic E-state index is 0.0439. The number of hydrogen-bond acceptors (Lipinski definition) is 10. The van der Waals surface area contributed by atoms with Crippen LogP contribution in [0.2, 0.25) is 0 Å². The molecule has 2 aromatic heterocycles. The van der Waals surface area contributed by atoms with E-state index in [0.29, 0.717) is 49.1 Å². The molecular formula is C27H31N5O7. The number of rotatable bonds is 11. The van der Waals surface area contributed by atoms with E-state index < -0.39 is 18.3 Å². The lowest BCUT2D eigenvalue weighted by Gasteiger charge is -2.26. The summed E-state index contributed by atoms with van der Waals surface area (Å²) in [6, 6.07) is 10.7. The van der Waals surface area contributed by atoms with Crippen LogP contribution in [0.15, 0.2) is 42.6 Å². The number of benzene rings is 1. The van der Waals surface area contributed by atoms with Crippen molar-refractivity contribution in [3.63, 3.8) is 0 Å². The van der Waals surface area contributed by atoms with E-state index in [0.717, 1.165) is 23.0 Å². The van der Waals surface area contributed by atoms with Crippen molar-refractivity contribution in [3.05, 3.63) is 48.2 Å². The van der Waals surface area contributed by atoms with E-state index in [4.69, 9.17) is 14.2 Å². The molecule has 1 aromatic carbocycles. The average Bonchev–Trinajstić information content (AvgIpc) is 3.31. The van der Waals surface area contributed by atoms with Crippen molar-refractivity contribution in [2.24, 2.45) is 0 Å². The molecule has 2 aliphatic heterocycles. The molecule has 0 radical (unpaired) electrons. The maximum Gasteiger partial charge on any atom is 0.414 e. The van der Waals surface area contributed by atoms with E-state index in [9.17, 15) is 19.8 Å². The molecule has 0 spiro atoms. The lowest BCUT2D eigenvalue weighted by Crippen LogP contribution is -2.41. The summed E-state index contributed by atoms with van der Waals surface area (Å²) >= 11 is 0. The molecule has 0 saturated carbocycles. The van der Waals surface area contributed by atoms with Crippen LogP contribution in [0.4, 0.5) is 16.2 Å². The number of aryl methyl sites for hydroxylation is 1. The fraction of sp³-hybridized carbons (Fsp3) is 0.407. The smallest absolute Gasteiger partial charge is 0.414 e. The van der Waals surface area contributed by atoms with Gasteiger partial charge in [0.1, 0.15) is 11.9 Å². The standard InChI is InChI=1S/C27H31N5O7/c1-37-25-7-5-21-26(30-25)17(8-9-28-21)3-2-10-31(12-19(34)15-33)13-20-14-32(27(36)39-20)18-4-6-23-22(11-18)29-24(35)16-38-23/h4-9,11,19-20,33-34H,2-3,10,12-16H2,1H3,(H,29,35). The summed E-state index contributed by atoms with van der Waals surface area (Å²) in [7, 11) is 1.57. The van der Waals surface area contributed by atoms with Gasteiger partial charge in [0, 0.05) is 31.0 Å². The first-order valence-corrected chi connectivity index (χ1v) is 12.8. The molecule has 2 unspecified atom stereocenters. The number of fused-ring (bicyclic) bond motifs is 2. The average molecular weight is 538 g/mol. The zero-order valence-electron chi connectivity index (χ0n) is 21.6. The highest BCUT2D eigenvalue weighted by atomic mass is 16.6. The van der Waals surface area contributed by atoms with Gasteiger partial charge in [-0.2, -0.15) is 0 Å². The highest BCUT2D eigenvalue weighted by Crippen LogP contribution is 2.33. The monoisotopic (exact) mass is 537 g/mol. The molecule has 3 N–H and O–H groups in total. The predicted octanol–water partition coefficient (Wildman–Crippen LogP) is 1.58. The molecule has 206 valence electrons. The zero-order valence-corrected chi connectivity index (χ0v) is 21.6. The maximum absolute atomic E-state index is 12.7. The first kappa shape index (κ1) is 26.6. The van der Waals surface area contributed by atoms with Crippen LogP contribution in [0.3, 0.4) is 0 Å². The Morgan fingerprint density at radius 2 is 2.13 bits per heavy atom. The molecule has 0 aliphatic carbocycles. The predicted molar refractivity (Wildman–Crippen MR) is 142 cm³/mol. The van der Waals surface area contributed by atoms with E-state index in [1.165, 1.54) is 4.90 Å². The van der Waals surface area contributed by atoms with Crippen LogP contribution in [-0.4, -0.2) is 95.8 Å². The summed E-state index contributed by atoms with van der Waals surface area (Å²) < 4.78 is 16.3. The van der Waals surface area contributed by atoms with Crippen molar-refractivity contribution >= 4 is 34.4 Å². The van der Waals surface area contributed by atoms with Gasteiger partial charge in [0.25, 0.3) is 5.91 Å². The first-order valence-electron chi connectivity index (χ1n) is 12.8. The number of pyridine rings is 2. The summed E-state index contributed by atoms with van der Waals surface area (Å²) in [5.74, 6) is 0.808. The van der Waals surface area contributed by atoms with Gasteiger partial charge >= 0.3 is 6.09 Å². The molecule has 4 heterocycles. The van der Waals surface area contributed by atoms with E-state index in [1.807, 2.05) is 17.0 Å². The van der Waals surface area contributed by atoms with Gasteiger partial charge in [0.15, 0.2) is 6.61 Å². The van der Waals surface area contributed by atoms with Crippen LogP contribution < -0.4 is 19.7 Å². The molecule has 2 atom stereocenters. The van der Waals surface area contributed by atoms with E-state index in [1.54, 1.807) is 37.6 Å². The molecule has 2 amide bonds. The Kier molecular flexibility index (Phi) is 8.05. The van der Waals surface area contributed by atoms with E-state index >= 15 is 0 Å². The molecule has 1 saturated heterocycles. The van der Waals surface area contributed by atoms with Crippen molar-refractivity contribution in [1.82, 2.24) is 14.9 Å². The lowest BCUT2D eigenvalue weighted by molar-refractivity contribution is -0.118. The summed E-state index contributed by atoms with van der Waals surface area (Å²) in [6.45, 7) is 1.10. The minimum Gasteiger partial charge on any atom is -0.482 e. The van der Waals surface area contributed by atoms with E-state index in [2.05, 4.69) is 15.3 Å². The summed E-state index contributed by atoms with van der Waals surface area (Å²) in [6.07, 6.45) is 1.35. The molecular weight excluding hydrogens is 506 g/mol. The van der Waals surface area contributed by atoms with Gasteiger partial charge < -0.3 is 29.7 Å². The van der Waals surface area contributed by atoms with Crippen LogP contribution in [0.25, 0.3) is 11.0 Å². The van der Waals surface area contributed by atoms with Gasteiger partial charge in [0.2, 0.25) is 5.88 Å². The highest BCUT2D eigenvalue weighted by molar-refractivity contribution is 5.97. The molecule has 12 nitrogen and oxygen atoms in total. The van der Waals surface area contributed by atoms with Gasteiger partial charge in [-0.05, 0) is 55.3 Å². The zero-order chi connectivity index (χ0) is 27.4. The van der Waals surface area contributed by atoms with Crippen LogP contribution in [-0.2, 0) is 16.0 Å². The summed E-state index contributed by atoms with van der Waals surface area (Å²) in [5.41, 5.74) is 3.69. The maximum atomic E-state index is 12.7. The second-order valence-electron chi connectivity index (χ2n) is 9.52. The number of nitrogens with zero attached hydrogens (tertiary/aromatic N) is 4. The van der Waals surface area contributed by atoms with Gasteiger partial charge in [-0.3, -0.25) is 19.6 Å². The van der Waals surface area contributed by atoms with Crippen molar-refractivity contribution in [2.45, 2.75) is 25.0 Å². The number of methoxy groups -OCH3 is 1. The number of cyclic esters (lactones) is 1. The van der Waals surface area contributed by atoms with Crippen molar-refractivity contribution < 1.29 is 34.0 Å². The quantitative estimate of drug-likeness (QED) is 0.329. The van der Waals surface area contributed by atoms with Gasteiger partial charge in [-0.1, -0.05) is 0 Å². The van der Waals surface area contributed by atoms with Crippen LogP contribution in [0.5, 0.6) is 11.6 Å². The fourth-order valence-electron chi connectivity index (χ4n) is 4.84. The number of aliphatic hydroxyl groups excluding tert-OH is 2. The Labute approximate surface area is 225 Å². The van der Waals surface area contributed by atoms with Crippen molar-refractivity contribution in [3.8, 4) is 11.6 Å². The number of nitrogens with one attached hydrogen (secondary N) is 1. The Balaban J connectivity index is 1.23. The van der Waals surface area contributed by atoms with E-state index in [-0.39, 0.29) is 25.7 Å². The third-order valence-corrected chi connectivity index (χ3v) is 6.69. The number of aromatic nitrogens is 2. The lowest BCUT2D eigenvalue weighted by atomic mass is 10.1. The van der Waals surface area contributed by atoms with Gasteiger partial charge in [-0.15, -0.1) is 0 Å². The molecule has 0 bridgehead atoms. The SMILES string of the molecule is COc1ccc2nccc(CCCN(CC(O)CO)CC3CN(c4ccc5c(c4)NC(=O)CO5)C(=O)O3)c2n1. The Bertz CT molecular complexity index is 1350. The third-order valence-electron chi connectivity index (χ3n) is 6.69. The van der Waals surface area contributed by atoms with Crippen LogP contribution in [0.1, 0.15) is 12.0 Å². The third kappa shape index (κ3) is 6.19. The number of carbonyl (C=O) groups is 2. The second kappa shape index (κ2) is 11.8. The Hall–Kier alpha value is -4.00. The first-order chi connectivity index (χ1) is 18.9. The van der Waals surface area contributed by atoms with Crippen molar-refractivity contribution in [1.29, 1.82) is 0 Å². The summed E-state index contributed by atoms with van der Waals surface area (Å²) in [4.78, 5) is 36.8. The normalized spacial score (nSPS) is 17.5. The number of carbonyl (C=O) groups excluding carboxylic acids is 2. The van der Waals surface area contributed by atoms with Gasteiger partial charge in [0.05, 0.1) is 43.1 Å². The molecule has 5 rings (SSSR count). The molecule has 39 heavy (non-hydrogen) atoms. The van der Waals surface area contributed by atoms with Crippen LogP contribution in [0, 0.1) is 0 Å². The number of ether oxygens (including phenoxy) is 3. The molecule has 12 heteroatoms. The molecule has 3 aromatic rings. The summed E-state index contributed by atoms with van der Waals surface area (Å²) in [5, 5.41) is 22.3. The van der Waals surface area contributed by atoms with Gasteiger partial charge in [-0.25, -0.2) is 9.78 Å². The van der Waals surface area contributed by atoms with Crippen molar-refractivity contribution in [2.75, 3.05) is 56.7 Å². The fourth-order valence-corrected chi connectivity index (χ4v) is 4.84. The van der Waals surface area contributed by atoms with Crippen LogP contribution >= 0.6 is 0 Å². The number of hydrogen-bond donors (Lipinski definition) is 3. The number of aliphatic hydroxyl groups is 2. The topological polar surface area (TPSA) is 147 Å². The Morgan fingerprint density at radius 1 is 1.26 bits per heavy atom. The number of anilines is 2. The molecule has 2 aliphatic rings. The second-order valence-corrected chi connectivity index (χ2v) is 9.52. The molecule has 1 fully saturated rings. The largest absolute Gasteiger partial charge is 0.482 e. The highest BCUT2D eigenvalue weighted by Gasteiger charge is 2.34. The Morgan fingerprint density at radius 3 is 2.95 bits per heavy atom. The minimum atomic E-state index is -0.921. The number of amides is 2.